The van der Waals surface area contributed by atoms with Crippen LogP contribution in [0.5, 0.6) is 0 Å². The van der Waals surface area contributed by atoms with E-state index in [0.717, 1.165) is 55.5 Å². The molecule has 6 heteroatoms. The van der Waals surface area contributed by atoms with Crippen LogP contribution in [0.2, 0.25) is 0 Å². The van der Waals surface area contributed by atoms with Crippen molar-refractivity contribution in [2.45, 2.75) is 25.3 Å². The molecule has 1 aliphatic carbocycles. The van der Waals surface area contributed by atoms with Crippen LogP contribution in [0.3, 0.4) is 0 Å². The van der Waals surface area contributed by atoms with Crippen LogP contribution in [-0.2, 0) is 4.79 Å². The molecule has 0 aromatic carbocycles. The normalized spacial score (nSPS) is 17.7. The van der Waals surface area contributed by atoms with E-state index in [1.54, 1.807) is 4.90 Å². The number of H-pyrrole nitrogens is 1. The topological polar surface area (TPSA) is 76.0 Å². The maximum Gasteiger partial charge on any atom is 0.215 e. The fourth-order valence-corrected chi connectivity index (χ4v) is 3.28. The van der Waals surface area contributed by atoms with Crippen LogP contribution >= 0.6 is 0 Å². The summed E-state index contributed by atoms with van der Waals surface area (Å²) in [6.07, 6.45) is 7.62. The van der Waals surface area contributed by atoms with Gasteiger partial charge in [-0.25, -0.2) is 4.98 Å². The fraction of sp³-hybridized carbons (Fsp3) is 0.389. The van der Waals surface area contributed by atoms with Gasteiger partial charge in [0.25, 0.3) is 0 Å². The molecule has 0 spiro atoms. The molecule has 0 bridgehead atoms. The lowest BCUT2D eigenvalue weighted by molar-refractivity contribution is -0.107. The number of carbonyl (C=O) groups excluding carboxylic acids is 1. The molecule has 1 fully saturated rings. The number of hydrogen-bond acceptors (Lipinski definition) is 4. The van der Waals surface area contributed by atoms with Crippen molar-refractivity contribution < 1.29 is 4.79 Å². The van der Waals surface area contributed by atoms with Gasteiger partial charge < -0.3 is 4.98 Å². The first-order valence-corrected chi connectivity index (χ1v) is 8.30. The van der Waals surface area contributed by atoms with E-state index in [4.69, 9.17) is 5.26 Å². The molecular weight excluding hydrogens is 302 g/mol. The molecule has 6 nitrogen and oxygen atoms in total. The highest BCUT2D eigenvalue weighted by atomic mass is 16.1. The van der Waals surface area contributed by atoms with Crippen molar-refractivity contribution in [1.82, 2.24) is 14.9 Å². The number of amides is 1. The number of aromatic amines is 1. The van der Waals surface area contributed by atoms with E-state index in [1.807, 2.05) is 18.3 Å². The number of rotatable bonds is 6. The van der Waals surface area contributed by atoms with Crippen molar-refractivity contribution in [3.05, 3.63) is 30.0 Å². The minimum absolute atomic E-state index is 0.292. The van der Waals surface area contributed by atoms with Gasteiger partial charge in [0.2, 0.25) is 6.41 Å². The summed E-state index contributed by atoms with van der Waals surface area (Å²) in [5.74, 6) is 0.717. The van der Waals surface area contributed by atoms with Crippen molar-refractivity contribution >= 4 is 28.8 Å². The van der Waals surface area contributed by atoms with Crippen LogP contribution < -0.4 is 4.90 Å². The van der Waals surface area contributed by atoms with Gasteiger partial charge in [-0.05, 0) is 36.1 Å². The Morgan fingerprint density at radius 3 is 3.12 bits per heavy atom. The van der Waals surface area contributed by atoms with Crippen LogP contribution in [0.1, 0.15) is 24.8 Å². The number of fused-ring (bicyclic) bond motifs is 1. The third-order valence-electron chi connectivity index (χ3n) is 4.71. The SMILES string of the molecule is N#CCCN1CC=C(c2cc(N(C=O)C3CC3)nc3[nH]ccc23)C1. The Balaban J connectivity index is 1.68. The highest BCUT2D eigenvalue weighted by Crippen LogP contribution is 2.34. The number of anilines is 1. The number of nitrogens with one attached hydrogen (secondary N) is 1. The molecule has 1 saturated carbocycles. The molecule has 1 amide bonds. The zero-order valence-corrected chi connectivity index (χ0v) is 13.4. The molecule has 122 valence electrons. The first-order chi connectivity index (χ1) is 11.8. The third kappa shape index (κ3) is 2.68. The molecule has 3 heterocycles. The average Bonchev–Trinajstić information content (AvgIpc) is 3.12. The van der Waals surface area contributed by atoms with Gasteiger partial charge in [0.05, 0.1) is 6.07 Å². The summed E-state index contributed by atoms with van der Waals surface area (Å²) in [5, 5.41) is 9.84. The summed E-state index contributed by atoms with van der Waals surface area (Å²) in [7, 11) is 0. The monoisotopic (exact) mass is 321 g/mol. The standard InChI is InChI=1S/C18H19N5O/c19-6-1-8-22-9-5-13(11-22)16-10-17(23(12-24)14-2-3-14)21-18-15(16)4-7-20-18/h4-5,7,10,12,14H,1-3,8-9,11H2,(H,20,21). The molecular formula is C18H19N5O. The average molecular weight is 321 g/mol. The van der Waals surface area contributed by atoms with Crippen LogP contribution in [0, 0.1) is 11.3 Å². The van der Waals surface area contributed by atoms with Gasteiger partial charge in [-0.1, -0.05) is 6.08 Å². The van der Waals surface area contributed by atoms with E-state index in [-0.39, 0.29) is 0 Å². The van der Waals surface area contributed by atoms with Crippen molar-refractivity contribution in [2.24, 2.45) is 0 Å². The molecule has 2 aliphatic rings. The fourth-order valence-electron chi connectivity index (χ4n) is 3.28. The Morgan fingerprint density at radius 2 is 2.38 bits per heavy atom. The Labute approximate surface area is 140 Å². The molecule has 0 atom stereocenters. The number of nitriles is 1. The van der Waals surface area contributed by atoms with E-state index in [2.05, 4.69) is 27.0 Å². The third-order valence-corrected chi connectivity index (χ3v) is 4.71. The minimum atomic E-state index is 0.292. The Bertz CT molecular complexity index is 843. The molecule has 0 unspecified atom stereocenters. The van der Waals surface area contributed by atoms with Gasteiger partial charge in [-0.2, -0.15) is 5.26 Å². The molecule has 24 heavy (non-hydrogen) atoms. The number of hydrogen-bond donors (Lipinski definition) is 1. The lowest BCUT2D eigenvalue weighted by atomic mass is 10.0. The Kier molecular flexibility index (Phi) is 3.79. The largest absolute Gasteiger partial charge is 0.346 e. The lowest BCUT2D eigenvalue weighted by Crippen LogP contribution is -2.25. The van der Waals surface area contributed by atoms with E-state index >= 15 is 0 Å². The van der Waals surface area contributed by atoms with Crippen molar-refractivity contribution in [1.29, 1.82) is 5.26 Å². The van der Waals surface area contributed by atoms with Crippen LogP contribution in [0.4, 0.5) is 5.82 Å². The highest BCUT2D eigenvalue weighted by molar-refractivity contribution is 5.94. The Morgan fingerprint density at radius 1 is 1.50 bits per heavy atom. The smallest absolute Gasteiger partial charge is 0.215 e. The summed E-state index contributed by atoms with van der Waals surface area (Å²) in [5.41, 5.74) is 3.18. The summed E-state index contributed by atoms with van der Waals surface area (Å²) in [6.45, 7) is 2.48. The molecule has 2 aromatic heterocycles. The number of nitrogens with zero attached hydrogens (tertiary/aromatic N) is 4. The van der Waals surface area contributed by atoms with Gasteiger partial charge in [0.1, 0.15) is 11.5 Å². The molecule has 0 saturated heterocycles. The quantitative estimate of drug-likeness (QED) is 0.828. The van der Waals surface area contributed by atoms with E-state index in [0.29, 0.717) is 18.3 Å². The van der Waals surface area contributed by atoms with Crippen LogP contribution in [0.25, 0.3) is 16.6 Å². The summed E-state index contributed by atoms with van der Waals surface area (Å²) in [4.78, 5) is 23.3. The first kappa shape index (κ1) is 14.9. The van der Waals surface area contributed by atoms with E-state index < -0.39 is 0 Å². The van der Waals surface area contributed by atoms with Crippen molar-refractivity contribution in [3.63, 3.8) is 0 Å². The van der Waals surface area contributed by atoms with Crippen molar-refractivity contribution in [3.8, 4) is 6.07 Å². The van der Waals surface area contributed by atoms with E-state index in [1.165, 1.54) is 5.57 Å². The minimum Gasteiger partial charge on any atom is -0.346 e. The zero-order valence-electron chi connectivity index (χ0n) is 13.4. The maximum atomic E-state index is 11.5. The summed E-state index contributed by atoms with van der Waals surface area (Å²) < 4.78 is 0. The molecule has 4 rings (SSSR count). The molecule has 1 aliphatic heterocycles. The summed E-state index contributed by atoms with van der Waals surface area (Å²) >= 11 is 0. The second kappa shape index (κ2) is 6.10. The van der Waals surface area contributed by atoms with Crippen LogP contribution in [-0.4, -0.2) is 47.0 Å². The zero-order chi connectivity index (χ0) is 16.5. The van der Waals surface area contributed by atoms with E-state index in [9.17, 15) is 4.79 Å². The predicted octanol–water partition coefficient (Wildman–Crippen LogP) is 2.30. The predicted molar refractivity (Wildman–Crippen MR) is 92.3 cm³/mol. The second-order valence-corrected chi connectivity index (χ2v) is 6.38. The molecule has 2 aromatic rings. The maximum absolute atomic E-state index is 11.5. The summed E-state index contributed by atoms with van der Waals surface area (Å²) in [6, 6.07) is 6.55. The van der Waals surface area contributed by atoms with Crippen molar-refractivity contribution in [2.75, 3.05) is 24.5 Å². The number of pyridine rings is 1. The van der Waals surface area contributed by atoms with Crippen LogP contribution in [0.15, 0.2) is 24.4 Å². The number of carbonyl (C=O) groups is 1. The lowest BCUT2D eigenvalue weighted by Gasteiger charge is -2.18. The van der Waals surface area contributed by atoms with Gasteiger partial charge in [-0.3, -0.25) is 14.6 Å². The van der Waals surface area contributed by atoms with Gasteiger partial charge in [0, 0.05) is 43.7 Å². The first-order valence-electron chi connectivity index (χ1n) is 8.30. The van der Waals surface area contributed by atoms with Gasteiger partial charge >= 0.3 is 0 Å². The molecule has 1 N–H and O–H groups in total. The Hall–Kier alpha value is -2.65. The van der Waals surface area contributed by atoms with Gasteiger partial charge in [0.15, 0.2) is 0 Å². The second-order valence-electron chi connectivity index (χ2n) is 6.38. The van der Waals surface area contributed by atoms with Gasteiger partial charge in [-0.15, -0.1) is 0 Å². The number of aromatic nitrogens is 2. The molecule has 0 radical (unpaired) electrons. The highest BCUT2D eigenvalue weighted by Gasteiger charge is 2.31.